The van der Waals surface area contributed by atoms with Gasteiger partial charge in [0.2, 0.25) is 0 Å². The lowest BCUT2D eigenvalue weighted by Gasteiger charge is -2.09. The van der Waals surface area contributed by atoms with Crippen molar-refractivity contribution in [1.82, 2.24) is 0 Å². The first kappa shape index (κ1) is 15.2. The van der Waals surface area contributed by atoms with Crippen LogP contribution >= 0.6 is 0 Å². The first-order valence-electron chi connectivity index (χ1n) is 6.23. The molecule has 104 valence electrons. The van der Waals surface area contributed by atoms with E-state index in [-0.39, 0.29) is 12.3 Å². The van der Waals surface area contributed by atoms with Crippen molar-refractivity contribution >= 4 is 12.2 Å². The topological polar surface area (TPSA) is 79.1 Å². The van der Waals surface area contributed by atoms with E-state index in [2.05, 4.69) is 5.16 Å². The number of rotatable bonds is 9. The second-order valence-electron chi connectivity index (χ2n) is 4.30. The van der Waals surface area contributed by atoms with E-state index in [1.165, 1.54) is 6.21 Å². The van der Waals surface area contributed by atoms with Crippen LogP contribution in [0.2, 0.25) is 0 Å². The minimum absolute atomic E-state index is 0.0251. The smallest absolute Gasteiger partial charge is 0.304 e. The Hall–Kier alpha value is -1.88. The summed E-state index contributed by atoms with van der Waals surface area (Å²) in [5.41, 5.74) is 1.11. The van der Waals surface area contributed by atoms with Crippen LogP contribution in [0, 0.1) is 5.92 Å². The third-order valence-corrected chi connectivity index (χ3v) is 2.69. The number of oxime groups is 1. The normalized spacial score (nSPS) is 12.6. The van der Waals surface area contributed by atoms with Gasteiger partial charge in [0, 0.05) is 18.7 Å². The molecule has 0 heterocycles. The number of nitrogens with zero attached hydrogens (tertiary/aromatic N) is 1. The summed E-state index contributed by atoms with van der Waals surface area (Å²) in [6.07, 6.45) is 2.61. The van der Waals surface area contributed by atoms with Crippen LogP contribution in [0.3, 0.4) is 0 Å². The van der Waals surface area contributed by atoms with E-state index in [9.17, 15) is 4.79 Å². The molecule has 1 rings (SSSR count). The molecule has 1 atom stereocenters. The standard InChI is InChI=1S/C14H19NO4/c16-14(17)9-13(10-15-18)7-4-8-19-11-12-5-2-1-3-6-12/h1-3,5-6,10,13,18H,4,7-9,11H2,(H,16,17)/t13-/m0/s1. The van der Waals surface area contributed by atoms with E-state index in [0.717, 1.165) is 12.0 Å². The Morgan fingerprint density at radius 1 is 1.37 bits per heavy atom. The number of hydrogen-bond acceptors (Lipinski definition) is 4. The molecule has 0 aliphatic rings. The highest BCUT2D eigenvalue weighted by atomic mass is 16.5. The van der Waals surface area contributed by atoms with E-state index in [1.54, 1.807) is 0 Å². The molecule has 19 heavy (non-hydrogen) atoms. The second kappa shape index (κ2) is 9.10. The van der Waals surface area contributed by atoms with Gasteiger partial charge in [0.15, 0.2) is 0 Å². The van der Waals surface area contributed by atoms with Crippen LogP contribution in [0.25, 0.3) is 0 Å². The largest absolute Gasteiger partial charge is 0.481 e. The number of benzene rings is 1. The van der Waals surface area contributed by atoms with E-state index in [1.807, 2.05) is 30.3 Å². The molecule has 0 amide bonds. The molecule has 0 spiro atoms. The highest BCUT2D eigenvalue weighted by Crippen LogP contribution is 2.10. The van der Waals surface area contributed by atoms with Gasteiger partial charge in [0.1, 0.15) is 0 Å². The Kier molecular flexibility index (Phi) is 7.27. The Morgan fingerprint density at radius 3 is 2.74 bits per heavy atom. The van der Waals surface area contributed by atoms with Gasteiger partial charge in [-0.1, -0.05) is 30.3 Å². The van der Waals surface area contributed by atoms with Crippen LogP contribution in [0.1, 0.15) is 24.8 Å². The van der Waals surface area contributed by atoms with Crippen molar-refractivity contribution in [2.45, 2.75) is 25.9 Å². The summed E-state index contributed by atoms with van der Waals surface area (Å²) in [6, 6.07) is 9.85. The summed E-state index contributed by atoms with van der Waals surface area (Å²) < 4.78 is 5.50. The monoisotopic (exact) mass is 265 g/mol. The van der Waals surface area contributed by atoms with Gasteiger partial charge < -0.3 is 15.1 Å². The molecule has 1 aromatic carbocycles. The maximum absolute atomic E-state index is 10.6. The number of carboxylic acids is 1. The molecular formula is C14H19NO4. The first-order chi connectivity index (χ1) is 9.22. The van der Waals surface area contributed by atoms with E-state index in [0.29, 0.717) is 19.6 Å². The summed E-state index contributed by atoms with van der Waals surface area (Å²) in [5, 5.41) is 20.0. The van der Waals surface area contributed by atoms with Crippen LogP contribution < -0.4 is 0 Å². The van der Waals surface area contributed by atoms with Gasteiger partial charge in [-0.15, -0.1) is 5.16 Å². The van der Waals surface area contributed by atoms with E-state index >= 15 is 0 Å². The van der Waals surface area contributed by atoms with Gasteiger partial charge in [0.05, 0.1) is 13.0 Å². The Morgan fingerprint density at radius 2 is 2.11 bits per heavy atom. The Balaban J connectivity index is 2.16. The molecule has 0 fully saturated rings. The predicted molar refractivity (Wildman–Crippen MR) is 71.4 cm³/mol. The van der Waals surface area contributed by atoms with Crippen LogP contribution in [0.15, 0.2) is 35.5 Å². The summed E-state index contributed by atoms with van der Waals surface area (Å²) in [5.74, 6) is -1.14. The van der Waals surface area contributed by atoms with Crippen LogP contribution in [-0.4, -0.2) is 29.1 Å². The fraction of sp³-hybridized carbons (Fsp3) is 0.429. The molecule has 1 aromatic rings. The molecule has 0 aliphatic carbocycles. The molecule has 2 N–H and O–H groups in total. The van der Waals surface area contributed by atoms with Crippen molar-refractivity contribution in [3.05, 3.63) is 35.9 Å². The average molecular weight is 265 g/mol. The molecule has 0 radical (unpaired) electrons. The van der Waals surface area contributed by atoms with Crippen molar-refractivity contribution < 1.29 is 19.8 Å². The lowest BCUT2D eigenvalue weighted by molar-refractivity contribution is -0.137. The van der Waals surface area contributed by atoms with E-state index in [4.69, 9.17) is 15.1 Å². The maximum Gasteiger partial charge on any atom is 0.304 e. The highest BCUT2D eigenvalue weighted by molar-refractivity contribution is 5.73. The molecule has 0 saturated heterocycles. The molecule has 5 heteroatoms. The summed E-state index contributed by atoms with van der Waals surface area (Å²) in [6.45, 7) is 1.11. The molecule has 5 nitrogen and oxygen atoms in total. The number of ether oxygens (including phenoxy) is 1. The first-order valence-corrected chi connectivity index (χ1v) is 6.23. The summed E-state index contributed by atoms with van der Waals surface area (Å²) in [4.78, 5) is 10.6. The van der Waals surface area contributed by atoms with Gasteiger partial charge in [-0.2, -0.15) is 0 Å². The lowest BCUT2D eigenvalue weighted by Crippen LogP contribution is -2.10. The fourth-order valence-electron chi connectivity index (χ4n) is 1.76. The number of aliphatic carboxylic acids is 1. The number of carbonyl (C=O) groups is 1. The minimum Gasteiger partial charge on any atom is -0.481 e. The molecule has 0 saturated carbocycles. The zero-order chi connectivity index (χ0) is 13.9. The average Bonchev–Trinajstić information content (AvgIpc) is 2.39. The van der Waals surface area contributed by atoms with Gasteiger partial charge in [0.25, 0.3) is 0 Å². The third-order valence-electron chi connectivity index (χ3n) is 2.69. The van der Waals surface area contributed by atoms with Crippen LogP contribution in [0.5, 0.6) is 0 Å². The second-order valence-corrected chi connectivity index (χ2v) is 4.30. The number of carboxylic acid groups (broad SMARTS) is 1. The fourth-order valence-corrected chi connectivity index (χ4v) is 1.76. The predicted octanol–water partition coefficient (Wildman–Crippen LogP) is 2.53. The third kappa shape index (κ3) is 7.21. The number of hydrogen-bond donors (Lipinski definition) is 2. The SMILES string of the molecule is O=C(O)C[C@@H](C=NO)CCCOCc1ccccc1. The Bertz CT molecular complexity index is 392. The minimum atomic E-state index is -0.893. The van der Waals surface area contributed by atoms with Crippen molar-refractivity contribution in [3.63, 3.8) is 0 Å². The van der Waals surface area contributed by atoms with Gasteiger partial charge >= 0.3 is 5.97 Å². The highest BCUT2D eigenvalue weighted by Gasteiger charge is 2.10. The summed E-state index contributed by atoms with van der Waals surface area (Å²) >= 11 is 0. The summed E-state index contributed by atoms with van der Waals surface area (Å²) in [7, 11) is 0. The van der Waals surface area contributed by atoms with E-state index < -0.39 is 5.97 Å². The molecule has 0 aliphatic heterocycles. The van der Waals surface area contributed by atoms with Crippen molar-refractivity contribution in [2.75, 3.05) is 6.61 Å². The molecule has 0 unspecified atom stereocenters. The van der Waals surface area contributed by atoms with Crippen LogP contribution in [-0.2, 0) is 16.1 Å². The zero-order valence-electron chi connectivity index (χ0n) is 10.7. The van der Waals surface area contributed by atoms with Crippen molar-refractivity contribution in [3.8, 4) is 0 Å². The molecular weight excluding hydrogens is 246 g/mol. The zero-order valence-corrected chi connectivity index (χ0v) is 10.7. The van der Waals surface area contributed by atoms with Crippen molar-refractivity contribution in [1.29, 1.82) is 0 Å². The maximum atomic E-state index is 10.6. The lowest BCUT2D eigenvalue weighted by atomic mass is 10.0. The van der Waals surface area contributed by atoms with Gasteiger partial charge in [-0.05, 0) is 18.4 Å². The molecule has 0 aromatic heterocycles. The van der Waals surface area contributed by atoms with Crippen molar-refractivity contribution in [2.24, 2.45) is 11.1 Å². The van der Waals surface area contributed by atoms with Gasteiger partial charge in [-0.3, -0.25) is 4.79 Å². The quantitative estimate of drug-likeness (QED) is 0.311. The van der Waals surface area contributed by atoms with Gasteiger partial charge in [-0.25, -0.2) is 0 Å². The Labute approximate surface area is 112 Å². The molecule has 0 bridgehead atoms. The van der Waals surface area contributed by atoms with Crippen LogP contribution in [0.4, 0.5) is 0 Å².